The molecule has 2 nitrogen and oxygen atoms in total. The van der Waals surface area contributed by atoms with Gasteiger partial charge in [-0.3, -0.25) is 4.90 Å². The summed E-state index contributed by atoms with van der Waals surface area (Å²) >= 11 is 0. The molecule has 2 fully saturated rings. The topological polar surface area (TPSA) is 23.5 Å². The number of aliphatic hydroxyl groups is 1. The van der Waals surface area contributed by atoms with E-state index in [0.717, 1.165) is 19.6 Å². The second-order valence-electron chi connectivity index (χ2n) is 5.89. The normalized spacial score (nSPS) is 24.9. The molecule has 1 aromatic carbocycles. The SMILES string of the molecule is OC1(C(F)F)CC2(CN(Cc3ccccc3)C2)C1. The van der Waals surface area contributed by atoms with Crippen LogP contribution in [0.1, 0.15) is 18.4 Å². The lowest BCUT2D eigenvalue weighted by atomic mass is 9.55. The highest BCUT2D eigenvalue weighted by atomic mass is 19.3. The molecule has 1 saturated heterocycles. The third-order valence-electron chi connectivity index (χ3n) is 4.14. The molecule has 0 atom stereocenters. The minimum atomic E-state index is -2.61. The molecular weight excluding hydrogens is 236 g/mol. The molecule has 1 saturated carbocycles. The summed E-state index contributed by atoms with van der Waals surface area (Å²) in [6.45, 7) is 2.53. The Bertz CT molecular complexity index is 421. The van der Waals surface area contributed by atoms with Gasteiger partial charge < -0.3 is 5.11 Å². The summed E-state index contributed by atoms with van der Waals surface area (Å²) in [5.74, 6) is 0. The van der Waals surface area contributed by atoms with E-state index in [4.69, 9.17) is 0 Å². The first kappa shape index (κ1) is 12.1. The van der Waals surface area contributed by atoms with Gasteiger partial charge in [0.1, 0.15) is 5.60 Å². The zero-order valence-corrected chi connectivity index (χ0v) is 10.1. The minimum Gasteiger partial charge on any atom is -0.384 e. The Morgan fingerprint density at radius 1 is 1.17 bits per heavy atom. The van der Waals surface area contributed by atoms with Crippen LogP contribution in [0.4, 0.5) is 8.78 Å². The molecule has 1 aliphatic heterocycles. The van der Waals surface area contributed by atoms with Crippen molar-refractivity contribution in [3.05, 3.63) is 35.9 Å². The third kappa shape index (κ3) is 1.93. The lowest BCUT2D eigenvalue weighted by Crippen LogP contribution is -2.69. The second-order valence-corrected chi connectivity index (χ2v) is 5.89. The van der Waals surface area contributed by atoms with Crippen LogP contribution < -0.4 is 0 Å². The van der Waals surface area contributed by atoms with Crippen molar-refractivity contribution in [3.63, 3.8) is 0 Å². The van der Waals surface area contributed by atoms with Gasteiger partial charge in [-0.15, -0.1) is 0 Å². The van der Waals surface area contributed by atoms with Crippen molar-refractivity contribution in [1.82, 2.24) is 4.90 Å². The van der Waals surface area contributed by atoms with E-state index in [9.17, 15) is 13.9 Å². The van der Waals surface area contributed by atoms with Gasteiger partial charge in [-0.05, 0) is 18.4 Å². The van der Waals surface area contributed by atoms with Crippen LogP contribution in [0.2, 0.25) is 0 Å². The van der Waals surface area contributed by atoms with E-state index in [1.165, 1.54) is 5.56 Å². The molecule has 0 radical (unpaired) electrons. The van der Waals surface area contributed by atoms with Crippen molar-refractivity contribution < 1.29 is 13.9 Å². The first-order valence-electron chi connectivity index (χ1n) is 6.28. The summed E-state index contributed by atoms with van der Waals surface area (Å²) in [6.07, 6.45) is -2.10. The Balaban J connectivity index is 1.51. The Labute approximate surface area is 105 Å². The van der Waals surface area contributed by atoms with Gasteiger partial charge in [0.05, 0.1) is 0 Å². The molecule has 4 heteroatoms. The molecule has 1 heterocycles. The van der Waals surface area contributed by atoms with Crippen LogP contribution in [0.3, 0.4) is 0 Å². The first-order chi connectivity index (χ1) is 8.51. The average Bonchev–Trinajstić information content (AvgIpc) is 2.25. The molecule has 18 heavy (non-hydrogen) atoms. The molecule has 2 aliphatic rings. The molecule has 1 spiro atoms. The third-order valence-corrected chi connectivity index (χ3v) is 4.14. The van der Waals surface area contributed by atoms with Crippen LogP contribution in [-0.4, -0.2) is 35.1 Å². The Morgan fingerprint density at radius 2 is 1.78 bits per heavy atom. The fourth-order valence-corrected chi connectivity index (χ4v) is 3.48. The van der Waals surface area contributed by atoms with Crippen molar-refractivity contribution >= 4 is 0 Å². The molecule has 0 amide bonds. The van der Waals surface area contributed by atoms with Crippen molar-refractivity contribution in [2.45, 2.75) is 31.4 Å². The van der Waals surface area contributed by atoms with Gasteiger partial charge in [-0.2, -0.15) is 0 Å². The predicted octanol–water partition coefficient (Wildman–Crippen LogP) is 2.28. The van der Waals surface area contributed by atoms with E-state index in [2.05, 4.69) is 17.0 Å². The minimum absolute atomic E-state index is 0.0417. The molecule has 0 aromatic heterocycles. The van der Waals surface area contributed by atoms with Crippen LogP contribution >= 0.6 is 0 Å². The quantitative estimate of drug-likeness (QED) is 0.893. The number of hydrogen-bond donors (Lipinski definition) is 1. The Hall–Kier alpha value is -1.00. The molecule has 3 rings (SSSR count). The largest absolute Gasteiger partial charge is 0.384 e. The molecule has 1 N–H and O–H groups in total. The summed E-state index contributed by atoms with van der Waals surface area (Å²) in [6, 6.07) is 10.1. The first-order valence-corrected chi connectivity index (χ1v) is 6.28. The van der Waals surface area contributed by atoms with Crippen LogP contribution in [0.25, 0.3) is 0 Å². The molecule has 98 valence electrons. The van der Waals surface area contributed by atoms with Gasteiger partial charge >= 0.3 is 0 Å². The maximum atomic E-state index is 12.5. The number of hydrogen-bond acceptors (Lipinski definition) is 2. The number of alkyl halides is 2. The fourth-order valence-electron chi connectivity index (χ4n) is 3.48. The van der Waals surface area contributed by atoms with Crippen molar-refractivity contribution in [3.8, 4) is 0 Å². The summed E-state index contributed by atoms with van der Waals surface area (Å²) in [5.41, 5.74) is -0.505. The van der Waals surface area contributed by atoms with E-state index in [1.807, 2.05) is 18.2 Å². The van der Waals surface area contributed by atoms with Gasteiger partial charge in [0.25, 0.3) is 6.43 Å². The smallest absolute Gasteiger partial charge is 0.266 e. The summed E-state index contributed by atoms with van der Waals surface area (Å²) in [5, 5.41) is 9.60. The zero-order chi connectivity index (χ0) is 12.8. The van der Waals surface area contributed by atoms with Crippen LogP contribution in [0, 0.1) is 5.41 Å². The van der Waals surface area contributed by atoms with Crippen LogP contribution in [-0.2, 0) is 6.54 Å². The van der Waals surface area contributed by atoms with E-state index in [-0.39, 0.29) is 18.3 Å². The maximum absolute atomic E-state index is 12.5. The van der Waals surface area contributed by atoms with Gasteiger partial charge in [0.2, 0.25) is 0 Å². The zero-order valence-electron chi connectivity index (χ0n) is 10.1. The molecule has 0 bridgehead atoms. The van der Waals surface area contributed by atoms with E-state index in [1.54, 1.807) is 0 Å². The molecule has 1 aromatic rings. The number of halogens is 2. The summed E-state index contributed by atoms with van der Waals surface area (Å²) in [7, 11) is 0. The number of rotatable bonds is 3. The van der Waals surface area contributed by atoms with Crippen molar-refractivity contribution in [2.24, 2.45) is 5.41 Å². The van der Waals surface area contributed by atoms with Crippen molar-refractivity contribution in [1.29, 1.82) is 0 Å². The highest BCUT2D eigenvalue weighted by Crippen LogP contribution is 2.56. The molecule has 0 unspecified atom stereocenters. The Morgan fingerprint density at radius 3 is 2.33 bits per heavy atom. The van der Waals surface area contributed by atoms with Gasteiger partial charge in [-0.1, -0.05) is 30.3 Å². The second kappa shape index (κ2) is 4.00. The number of likely N-dealkylation sites (tertiary alicyclic amines) is 1. The lowest BCUT2D eigenvalue weighted by Gasteiger charge is -2.62. The fraction of sp³-hybridized carbons (Fsp3) is 0.571. The van der Waals surface area contributed by atoms with Gasteiger partial charge in [0, 0.05) is 25.0 Å². The average molecular weight is 253 g/mol. The van der Waals surface area contributed by atoms with Gasteiger partial charge in [-0.25, -0.2) is 8.78 Å². The van der Waals surface area contributed by atoms with Crippen LogP contribution in [0.15, 0.2) is 30.3 Å². The van der Waals surface area contributed by atoms with E-state index < -0.39 is 12.0 Å². The number of nitrogens with zero attached hydrogens (tertiary/aromatic N) is 1. The molecular formula is C14H17F2NO. The molecule has 1 aliphatic carbocycles. The lowest BCUT2D eigenvalue weighted by molar-refractivity contribution is -0.241. The Kier molecular flexibility index (Phi) is 2.68. The number of benzene rings is 1. The summed E-state index contributed by atoms with van der Waals surface area (Å²) in [4.78, 5) is 2.25. The van der Waals surface area contributed by atoms with E-state index in [0.29, 0.717) is 0 Å². The van der Waals surface area contributed by atoms with Crippen LogP contribution in [0.5, 0.6) is 0 Å². The maximum Gasteiger partial charge on any atom is 0.266 e. The monoisotopic (exact) mass is 253 g/mol. The highest BCUT2D eigenvalue weighted by Gasteiger charge is 2.62. The standard InChI is InChI=1S/C14H17F2NO/c15-12(16)14(18)7-13(8-14)9-17(10-13)6-11-4-2-1-3-5-11/h1-5,12,18H,6-10H2. The van der Waals surface area contributed by atoms with Crippen molar-refractivity contribution in [2.75, 3.05) is 13.1 Å². The predicted molar refractivity (Wildman–Crippen MR) is 64.3 cm³/mol. The highest BCUT2D eigenvalue weighted by molar-refractivity contribution is 5.17. The van der Waals surface area contributed by atoms with E-state index >= 15 is 0 Å². The van der Waals surface area contributed by atoms with Gasteiger partial charge in [0.15, 0.2) is 0 Å². The summed E-state index contributed by atoms with van der Waals surface area (Å²) < 4.78 is 25.1.